The van der Waals surface area contributed by atoms with Gasteiger partial charge in [0.05, 0.1) is 6.20 Å². The standard InChI is InChI=1S/C18H15BrFN3OS/c1-11-9-12(19)3-8-15(11)22-17(24)16-10-21-18(25-2)23(16)14-6-4-13(20)5-7-14/h3-10H,1-2H3,(H,22,24). The molecular weight excluding hydrogens is 405 g/mol. The Kier molecular flexibility index (Phi) is 5.24. The summed E-state index contributed by atoms with van der Waals surface area (Å²) in [6.45, 7) is 1.92. The minimum Gasteiger partial charge on any atom is -0.320 e. The molecule has 1 heterocycles. The number of benzene rings is 2. The molecule has 0 aliphatic heterocycles. The number of halogens is 2. The van der Waals surface area contributed by atoms with E-state index in [9.17, 15) is 9.18 Å². The zero-order chi connectivity index (χ0) is 18.0. The van der Waals surface area contributed by atoms with Crippen molar-refractivity contribution in [1.29, 1.82) is 0 Å². The number of amides is 1. The van der Waals surface area contributed by atoms with Crippen LogP contribution in [0, 0.1) is 12.7 Å². The summed E-state index contributed by atoms with van der Waals surface area (Å²) in [5.41, 5.74) is 2.74. The lowest BCUT2D eigenvalue weighted by Crippen LogP contribution is -2.17. The molecule has 0 atom stereocenters. The maximum Gasteiger partial charge on any atom is 0.274 e. The van der Waals surface area contributed by atoms with Gasteiger partial charge in [-0.25, -0.2) is 9.37 Å². The first-order valence-corrected chi connectivity index (χ1v) is 9.46. The predicted molar refractivity (Wildman–Crippen MR) is 102 cm³/mol. The molecule has 7 heteroatoms. The number of anilines is 1. The Labute approximate surface area is 157 Å². The second-order valence-corrected chi connectivity index (χ2v) is 7.04. The maximum atomic E-state index is 13.2. The van der Waals surface area contributed by atoms with Crippen LogP contribution in [0.4, 0.5) is 10.1 Å². The number of thioether (sulfide) groups is 1. The van der Waals surface area contributed by atoms with Crippen LogP contribution in [-0.4, -0.2) is 21.7 Å². The van der Waals surface area contributed by atoms with Crippen LogP contribution >= 0.6 is 27.7 Å². The molecule has 0 bridgehead atoms. The average Bonchev–Trinajstić information content (AvgIpc) is 3.02. The average molecular weight is 420 g/mol. The quantitative estimate of drug-likeness (QED) is 0.601. The molecule has 1 N–H and O–H groups in total. The van der Waals surface area contributed by atoms with Gasteiger partial charge in [-0.05, 0) is 61.2 Å². The van der Waals surface area contributed by atoms with Crippen molar-refractivity contribution >= 4 is 39.3 Å². The molecule has 128 valence electrons. The minimum absolute atomic E-state index is 0.275. The van der Waals surface area contributed by atoms with Crippen LogP contribution in [-0.2, 0) is 0 Å². The van der Waals surface area contributed by atoms with Crippen LogP contribution in [0.1, 0.15) is 16.1 Å². The Morgan fingerprint density at radius 3 is 2.60 bits per heavy atom. The van der Waals surface area contributed by atoms with Crippen LogP contribution in [0.25, 0.3) is 5.69 Å². The molecule has 2 aromatic carbocycles. The summed E-state index contributed by atoms with van der Waals surface area (Å²) < 4.78 is 15.9. The van der Waals surface area contributed by atoms with Crippen molar-refractivity contribution < 1.29 is 9.18 Å². The molecule has 0 saturated heterocycles. The number of rotatable bonds is 4. The molecule has 1 amide bonds. The smallest absolute Gasteiger partial charge is 0.274 e. The van der Waals surface area contributed by atoms with Gasteiger partial charge in [0.15, 0.2) is 5.16 Å². The van der Waals surface area contributed by atoms with Gasteiger partial charge in [-0.1, -0.05) is 27.7 Å². The molecule has 0 aliphatic rings. The molecule has 4 nitrogen and oxygen atoms in total. The molecule has 0 aliphatic carbocycles. The third-order valence-corrected chi connectivity index (χ3v) is 4.81. The van der Waals surface area contributed by atoms with Crippen molar-refractivity contribution in [2.75, 3.05) is 11.6 Å². The van der Waals surface area contributed by atoms with E-state index >= 15 is 0 Å². The maximum absolute atomic E-state index is 13.2. The SMILES string of the molecule is CSc1ncc(C(=O)Nc2ccc(Br)cc2C)n1-c1ccc(F)cc1. The zero-order valence-corrected chi connectivity index (χ0v) is 16.0. The number of aromatic nitrogens is 2. The highest BCUT2D eigenvalue weighted by Crippen LogP contribution is 2.24. The van der Waals surface area contributed by atoms with Gasteiger partial charge in [0, 0.05) is 15.8 Å². The summed E-state index contributed by atoms with van der Waals surface area (Å²) in [5, 5.41) is 3.57. The van der Waals surface area contributed by atoms with Gasteiger partial charge >= 0.3 is 0 Å². The molecule has 0 radical (unpaired) electrons. The Hall–Kier alpha value is -2.12. The highest BCUT2D eigenvalue weighted by molar-refractivity contribution is 9.10. The van der Waals surface area contributed by atoms with E-state index in [2.05, 4.69) is 26.2 Å². The van der Waals surface area contributed by atoms with E-state index in [1.54, 1.807) is 16.7 Å². The number of aryl methyl sites for hydroxylation is 1. The summed E-state index contributed by atoms with van der Waals surface area (Å²) >= 11 is 4.82. The second-order valence-electron chi connectivity index (χ2n) is 5.36. The van der Waals surface area contributed by atoms with Crippen molar-refractivity contribution in [3.05, 3.63) is 70.2 Å². The Bertz CT molecular complexity index is 925. The highest BCUT2D eigenvalue weighted by Gasteiger charge is 2.18. The van der Waals surface area contributed by atoms with E-state index < -0.39 is 0 Å². The van der Waals surface area contributed by atoms with E-state index in [1.165, 1.54) is 30.1 Å². The van der Waals surface area contributed by atoms with Gasteiger partial charge < -0.3 is 5.32 Å². The van der Waals surface area contributed by atoms with Crippen LogP contribution in [0.15, 0.2) is 58.3 Å². The van der Waals surface area contributed by atoms with Crippen molar-refractivity contribution in [2.45, 2.75) is 12.1 Å². The van der Waals surface area contributed by atoms with Gasteiger partial charge in [0.2, 0.25) is 0 Å². The van der Waals surface area contributed by atoms with Gasteiger partial charge in [-0.3, -0.25) is 9.36 Å². The Balaban J connectivity index is 1.98. The van der Waals surface area contributed by atoms with Crippen molar-refractivity contribution in [2.24, 2.45) is 0 Å². The summed E-state index contributed by atoms with van der Waals surface area (Å²) in [4.78, 5) is 17.1. The Morgan fingerprint density at radius 1 is 1.24 bits per heavy atom. The molecule has 25 heavy (non-hydrogen) atoms. The van der Waals surface area contributed by atoms with E-state index in [0.29, 0.717) is 16.5 Å². The van der Waals surface area contributed by atoms with Gasteiger partial charge in [0.25, 0.3) is 5.91 Å². The number of carbonyl (C=O) groups is 1. The number of carbonyl (C=O) groups excluding carboxylic acids is 1. The number of hydrogen-bond donors (Lipinski definition) is 1. The monoisotopic (exact) mass is 419 g/mol. The summed E-state index contributed by atoms with van der Waals surface area (Å²) in [7, 11) is 0. The van der Waals surface area contributed by atoms with E-state index in [4.69, 9.17) is 0 Å². The largest absolute Gasteiger partial charge is 0.320 e. The fourth-order valence-electron chi connectivity index (χ4n) is 2.43. The van der Waals surface area contributed by atoms with Gasteiger partial charge in [-0.2, -0.15) is 0 Å². The number of nitrogens with zero attached hydrogens (tertiary/aromatic N) is 2. The predicted octanol–water partition coefficient (Wildman–Crippen LogP) is 5.06. The lowest BCUT2D eigenvalue weighted by atomic mass is 10.2. The fourth-order valence-corrected chi connectivity index (χ4v) is 3.45. The molecule has 0 saturated carbocycles. The molecule has 0 fully saturated rings. The van der Waals surface area contributed by atoms with Gasteiger partial charge in [0.1, 0.15) is 11.5 Å². The van der Waals surface area contributed by atoms with Gasteiger partial charge in [-0.15, -0.1) is 0 Å². The lowest BCUT2D eigenvalue weighted by molar-refractivity contribution is 0.102. The molecular formula is C18H15BrFN3OS. The molecule has 0 unspecified atom stereocenters. The summed E-state index contributed by atoms with van der Waals surface area (Å²) in [6.07, 6.45) is 3.40. The normalized spacial score (nSPS) is 10.7. The first-order chi connectivity index (χ1) is 12.0. The Morgan fingerprint density at radius 2 is 1.96 bits per heavy atom. The minimum atomic E-state index is -0.328. The van der Waals surface area contributed by atoms with E-state index in [-0.39, 0.29) is 11.7 Å². The van der Waals surface area contributed by atoms with Crippen LogP contribution in [0.5, 0.6) is 0 Å². The van der Waals surface area contributed by atoms with Crippen molar-refractivity contribution in [1.82, 2.24) is 9.55 Å². The third-order valence-electron chi connectivity index (χ3n) is 3.67. The fraction of sp³-hybridized carbons (Fsp3) is 0.111. The number of imidazole rings is 1. The molecule has 0 spiro atoms. The molecule has 3 rings (SSSR count). The second kappa shape index (κ2) is 7.41. The molecule has 1 aromatic heterocycles. The number of nitrogens with one attached hydrogen (secondary N) is 1. The van der Waals surface area contributed by atoms with Crippen LogP contribution in [0.2, 0.25) is 0 Å². The van der Waals surface area contributed by atoms with E-state index in [0.717, 1.165) is 15.7 Å². The van der Waals surface area contributed by atoms with Crippen LogP contribution < -0.4 is 5.32 Å². The van der Waals surface area contributed by atoms with Crippen molar-refractivity contribution in [3.8, 4) is 5.69 Å². The number of hydrogen-bond acceptors (Lipinski definition) is 3. The third kappa shape index (κ3) is 3.77. The van der Waals surface area contributed by atoms with Crippen molar-refractivity contribution in [3.63, 3.8) is 0 Å². The van der Waals surface area contributed by atoms with Crippen LogP contribution in [0.3, 0.4) is 0 Å². The first-order valence-electron chi connectivity index (χ1n) is 7.45. The summed E-state index contributed by atoms with van der Waals surface area (Å²) in [6, 6.07) is 11.6. The molecule has 3 aromatic rings. The first kappa shape index (κ1) is 17.7. The highest BCUT2D eigenvalue weighted by atomic mass is 79.9. The lowest BCUT2D eigenvalue weighted by Gasteiger charge is -2.12. The van der Waals surface area contributed by atoms with E-state index in [1.807, 2.05) is 31.4 Å². The summed E-state index contributed by atoms with van der Waals surface area (Å²) in [5.74, 6) is -0.603. The topological polar surface area (TPSA) is 46.9 Å². The zero-order valence-electron chi connectivity index (χ0n) is 13.6.